The first-order valence-corrected chi connectivity index (χ1v) is 8.97. The van der Waals surface area contributed by atoms with E-state index in [4.69, 9.17) is 20.4 Å². The first-order chi connectivity index (χ1) is 12.4. The van der Waals surface area contributed by atoms with E-state index in [1.807, 2.05) is 0 Å². The number of hydrogen-bond acceptors (Lipinski definition) is 7. The maximum absolute atomic E-state index is 12.3. The van der Waals surface area contributed by atoms with Crippen LogP contribution in [0.15, 0.2) is 57.8 Å². The highest BCUT2D eigenvalue weighted by molar-refractivity contribution is 7.87. The quantitative estimate of drug-likeness (QED) is 0.231. The molecule has 0 aliphatic carbocycles. The predicted octanol–water partition coefficient (Wildman–Crippen LogP) is 1.19. The van der Waals surface area contributed by atoms with Crippen LogP contribution in [0.2, 0.25) is 0 Å². The number of rotatable bonds is 8. The third kappa shape index (κ3) is 6.06. The minimum atomic E-state index is -3.97. The molecule has 0 bridgehead atoms. The topological polar surface area (TPSA) is 142 Å². The summed E-state index contributed by atoms with van der Waals surface area (Å²) in [4.78, 5) is 3.75. The third-order valence-electron chi connectivity index (χ3n) is 2.92. The Bertz CT molecular complexity index is 894. The van der Waals surface area contributed by atoms with E-state index in [2.05, 4.69) is 15.2 Å². The van der Waals surface area contributed by atoms with Gasteiger partial charge in [-0.05, 0) is 36.8 Å². The number of guanidine groups is 1. The largest absolute Gasteiger partial charge is 0.493 e. The van der Waals surface area contributed by atoms with Crippen LogP contribution >= 0.6 is 0 Å². The van der Waals surface area contributed by atoms with E-state index in [9.17, 15) is 8.42 Å². The number of aromatic nitrogens is 1. The standard InChI is InChI=1S/C16H19N5O4S/c1-12-8-13(24-7-3-6-20-21-16(17)18)10-14(9-12)25-26(22,23)15-4-2-5-19-11-15/h2,4-6,8-11H,3,7H2,1H3,(H4,17,18,21)/b20-6+. The van der Waals surface area contributed by atoms with E-state index in [1.165, 1.54) is 36.8 Å². The number of pyridine rings is 1. The van der Waals surface area contributed by atoms with Gasteiger partial charge in [0.25, 0.3) is 0 Å². The molecule has 2 rings (SSSR count). The fourth-order valence-corrected chi connectivity index (χ4v) is 2.79. The molecule has 0 saturated heterocycles. The highest BCUT2D eigenvalue weighted by Gasteiger charge is 2.17. The van der Waals surface area contributed by atoms with Gasteiger partial charge >= 0.3 is 10.1 Å². The first-order valence-electron chi connectivity index (χ1n) is 7.56. The summed E-state index contributed by atoms with van der Waals surface area (Å²) in [6.45, 7) is 2.11. The van der Waals surface area contributed by atoms with Crippen molar-refractivity contribution < 1.29 is 17.3 Å². The summed E-state index contributed by atoms with van der Waals surface area (Å²) >= 11 is 0. The van der Waals surface area contributed by atoms with Crippen molar-refractivity contribution in [2.75, 3.05) is 6.61 Å². The average molecular weight is 377 g/mol. The molecule has 138 valence electrons. The summed E-state index contributed by atoms with van der Waals surface area (Å²) in [7, 11) is -3.97. The average Bonchev–Trinajstić information content (AvgIpc) is 2.57. The van der Waals surface area contributed by atoms with Gasteiger partial charge in [-0.3, -0.25) is 4.98 Å². The lowest BCUT2D eigenvalue weighted by molar-refractivity contribution is 0.329. The second-order valence-corrected chi connectivity index (χ2v) is 6.71. The SMILES string of the molecule is Cc1cc(OCC/C=N/N=C(N)N)cc(OS(=O)(=O)c2cccnc2)c1. The molecule has 0 unspecified atom stereocenters. The van der Waals surface area contributed by atoms with Gasteiger partial charge in [-0.1, -0.05) is 0 Å². The Morgan fingerprint density at radius 3 is 2.73 bits per heavy atom. The molecule has 2 aromatic rings. The van der Waals surface area contributed by atoms with Crippen molar-refractivity contribution in [2.24, 2.45) is 21.7 Å². The van der Waals surface area contributed by atoms with Crippen LogP contribution in [0, 0.1) is 6.92 Å². The summed E-state index contributed by atoms with van der Waals surface area (Å²) in [6.07, 6.45) is 4.67. The van der Waals surface area contributed by atoms with Gasteiger partial charge in [-0.25, -0.2) is 0 Å². The van der Waals surface area contributed by atoms with E-state index in [0.29, 0.717) is 18.8 Å². The van der Waals surface area contributed by atoms with E-state index < -0.39 is 10.1 Å². The Kier molecular flexibility index (Phi) is 6.50. The van der Waals surface area contributed by atoms with Crippen LogP contribution in [-0.4, -0.2) is 32.2 Å². The van der Waals surface area contributed by atoms with E-state index in [1.54, 1.807) is 19.1 Å². The van der Waals surface area contributed by atoms with E-state index >= 15 is 0 Å². The first kappa shape index (κ1) is 19.2. The van der Waals surface area contributed by atoms with Gasteiger partial charge in [0.05, 0.1) is 6.61 Å². The Balaban J connectivity index is 2.03. The highest BCUT2D eigenvalue weighted by atomic mass is 32.2. The fraction of sp³-hybridized carbons (Fsp3) is 0.188. The molecule has 0 saturated carbocycles. The summed E-state index contributed by atoms with van der Waals surface area (Å²) in [6, 6.07) is 7.78. The molecule has 26 heavy (non-hydrogen) atoms. The lowest BCUT2D eigenvalue weighted by atomic mass is 10.2. The molecule has 4 N–H and O–H groups in total. The summed E-state index contributed by atoms with van der Waals surface area (Å²) in [5, 5.41) is 7.10. The predicted molar refractivity (Wildman–Crippen MR) is 97.6 cm³/mol. The molecule has 9 nitrogen and oxygen atoms in total. The highest BCUT2D eigenvalue weighted by Crippen LogP contribution is 2.25. The van der Waals surface area contributed by atoms with Crippen molar-refractivity contribution in [3.63, 3.8) is 0 Å². The monoisotopic (exact) mass is 377 g/mol. The Morgan fingerprint density at radius 2 is 2.04 bits per heavy atom. The molecule has 10 heteroatoms. The van der Waals surface area contributed by atoms with Crippen molar-refractivity contribution in [3.05, 3.63) is 48.3 Å². The molecule has 1 aromatic carbocycles. The number of hydrogen-bond donors (Lipinski definition) is 2. The number of ether oxygens (including phenoxy) is 1. The Morgan fingerprint density at radius 1 is 1.27 bits per heavy atom. The lowest BCUT2D eigenvalue weighted by Crippen LogP contribution is -2.21. The molecule has 0 radical (unpaired) electrons. The Labute approximate surface area is 151 Å². The van der Waals surface area contributed by atoms with Crippen molar-refractivity contribution in [1.29, 1.82) is 0 Å². The fourth-order valence-electron chi connectivity index (χ4n) is 1.91. The van der Waals surface area contributed by atoms with Gasteiger partial charge in [-0.2, -0.15) is 13.5 Å². The minimum absolute atomic E-state index is 0.0279. The maximum atomic E-state index is 12.3. The number of aryl methyl sites for hydroxylation is 1. The van der Waals surface area contributed by atoms with E-state index in [0.717, 1.165) is 5.56 Å². The second-order valence-electron chi connectivity index (χ2n) is 5.17. The normalized spacial score (nSPS) is 11.3. The third-order valence-corrected chi connectivity index (χ3v) is 4.15. The molecule has 0 atom stereocenters. The van der Waals surface area contributed by atoms with Crippen LogP contribution in [0.25, 0.3) is 0 Å². The van der Waals surface area contributed by atoms with Gasteiger partial charge in [0.1, 0.15) is 16.4 Å². The van der Waals surface area contributed by atoms with E-state index in [-0.39, 0.29) is 16.6 Å². The van der Waals surface area contributed by atoms with Gasteiger partial charge in [0.15, 0.2) is 0 Å². The van der Waals surface area contributed by atoms with Crippen molar-refractivity contribution in [2.45, 2.75) is 18.2 Å². The maximum Gasteiger partial charge on any atom is 0.340 e. The summed E-state index contributed by atoms with van der Waals surface area (Å²) < 4.78 is 35.2. The molecular weight excluding hydrogens is 358 g/mol. The molecule has 1 heterocycles. The smallest absolute Gasteiger partial charge is 0.340 e. The van der Waals surface area contributed by atoms with Gasteiger partial charge in [0.2, 0.25) is 5.96 Å². The minimum Gasteiger partial charge on any atom is -0.493 e. The summed E-state index contributed by atoms with van der Waals surface area (Å²) in [5.74, 6) is 0.493. The molecule has 0 aliphatic heterocycles. The van der Waals surface area contributed by atoms with Gasteiger partial charge in [0, 0.05) is 31.1 Å². The van der Waals surface area contributed by atoms with Crippen LogP contribution in [0.3, 0.4) is 0 Å². The van der Waals surface area contributed by atoms with Crippen molar-refractivity contribution in [3.8, 4) is 11.5 Å². The second kappa shape index (κ2) is 8.81. The molecular formula is C16H19N5O4S. The summed E-state index contributed by atoms with van der Waals surface area (Å²) in [5.41, 5.74) is 11.1. The molecule has 0 spiro atoms. The molecule has 0 fully saturated rings. The van der Waals surface area contributed by atoms with Crippen molar-refractivity contribution >= 4 is 22.3 Å². The van der Waals surface area contributed by atoms with Gasteiger partial charge < -0.3 is 20.4 Å². The zero-order valence-electron chi connectivity index (χ0n) is 14.1. The number of benzene rings is 1. The van der Waals surface area contributed by atoms with Crippen LogP contribution in [0.1, 0.15) is 12.0 Å². The number of nitrogens with zero attached hydrogens (tertiary/aromatic N) is 3. The zero-order valence-corrected chi connectivity index (χ0v) is 14.9. The van der Waals surface area contributed by atoms with Crippen LogP contribution < -0.4 is 20.4 Å². The van der Waals surface area contributed by atoms with Crippen LogP contribution in [-0.2, 0) is 10.1 Å². The number of nitrogens with two attached hydrogens (primary N) is 2. The van der Waals surface area contributed by atoms with Crippen molar-refractivity contribution in [1.82, 2.24) is 4.98 Å². The molecule has 1 aromatic heterocycles. The molecule has 0 aliphatic rings. The zero-order chi connectivity index (χ0) is 19.0. The molecule has 0 amide bonds. The van der Waals surface area contributed by atoms with Crippen LogP contribution in [0.5, 0.6) is 11.5 Å². The lowest BCUT2D eigenvalue weighted by Gasteiger charge is -2.10. The van der Waals surface area contributed by atoms with Crippen LogP contribution in [0.4, 0.5) is 0 Å². The van der Waals surface area contributed by atoms with Gasteiger partial charge in [-0.15, -0.1) is 5.10 Å². The Hall–Kier alpha value is -3.14.